The van der Waals surface area contributed by atoms with E-state index in [2.05, 4.69) is 12.1 Å². The number of carbonyl (C=O) groups excluding carboxylic acids is 1. The summed E-state index contributed by atoms with van der Waals surface area (Å²) in [5, 5.41) is 0. The zero-order valence-electron chi connectivity index (χ0n) is 14.3. The van der Waals surface area contributed by atoms with Crippen LogP contribution in [0.4, 0.5) is 0 Å². The van der Waals surface area contributed by atoms with Gasteiger partial charge in [0.2, 0.25) is 0 Å². The smallest absolute Gasteiger partial charge is 0.258 e. The molecule has 0 aliphatic rings. The van der Waals surface area contributed by atoms with Crippen molar-refractivity contribution in [1.29, 1.82) is 0 Å². The fourth-order valence-electron chi connectivity index (χ4n) is 2.49. The van der Waals surface area contributed by atoms with Gasteiger partial charge in [-0.3, -0.25) is 4.79 Å². The molecule has 1 unspecified atom stereocenters. The van der Waals surface area contributed by atoms with Gasteiger partial charge in [-0.2, -0.15) is 0 Å². The Hall–Kier alpha value is -2.49. The fraction of sp³-hybridized carbons (Fsp3) is 0.316. The van der Waals surface area contributed by atoms with Crippen molar-refractivity contribution >= 4 is 5.91 Å². The highest BCUT2D eigenvalue weighted by Crippen LogP contribution is 2.32. The van der Waals surface area contributed by atoms with Crippen LogP contribution in [-0.4, -0.2) is 32.1 Å². The number of ether oxygens (including phenoxy) is 2. The molecular formula is C19H23NO3. The molecule has 0 aliphatic carbocycles. The summed E-state index contributed by atoms with van der Waals surface area (Å²) < 4.78 is 10.6. The number of carbonyl (C=O) groups is 1. The van der Waals surface area contributed by atoms with Gasteiger partial charge in [-0.05, 0) is 31.5 Å². The van der Waals surface area contributed by atoms with E-state index in [1.807, 2.05) is 26.0 Å². The molecule has 2 aromatic carbocycles. The lowest BCUT2D eigenvalue weighted by Gasteiger charge is -2.26. The Morgan fingerprint density at radius 1 is 1.04 bits per heavy atom. The van der Waals surface area contributed by atoms with Crippen LogP contribution in [0.25, 0.3) is 0 Å². The van der Waals surface area contributed by atoms with E-state index >= 15 is 0 Å². The van der Waals surface area contributed by atoms with Gasteiger partial charge in [0.15, 0.2) is 11.5 Å². The summed E-state index contributed by atoms with van der Waals surface area (Å²) in [4.78, 5) is 14.6. The first-order chi connectivity index (χ1) is 11.0. The van der Waals surface area contributed by atoms with Crippen molar-refractivity contribution in [3.8, 4) is 11.5 Å². The molecule has 0 fully saturated rings. The summed E-state index contributed by atoms with van der Waals surface area (Å²) in [6.07, 6.45) is 0. The zero-order valence-corrected chi connectivity index (χ0v) is 14.3. The van der Waals surface area contributed by atoms with Gasteiger partial charge in [0.05, 0.1) is 25.8 Å². The Bertz CT molecular complexity index is 680. The summed E-state index contributed by atoms with van der Waals surface area (Å²) in [6.45, 7) is 4.06. The van der Waals surface area contributed by atoms with E-state index in [0.717, 1.165) is 5.56 Å². The molecule has 1 atom stereocenters. The summed E-state index contributed by atoms with van der Waals surface area (Å²) in [6, 6.07) is 13.5. The van der Waals surface area contributed by atoms with Gasteiger partial charge in [0.1, 0.15) is 0 Å². The number of para-hydroxylation sites is 1. The molecule has 0 bridgehead atoms. The van der Waals surface area contributed by atoms with Crippen molar-refractivity contribution in [3.05, 3.63) is 59.2 Å². The molecule has 2 aromatic rings. The molecule has 0 spiro atoms. The Kier molecular flexibility index (Phi) is 5.27. The third-order valence-electron chi connectivity index (χ3n) is 4.09. The first-order valence-electron chi connectivity index (χ1n) is 7.54. The maximum Gasteiger partial charge on any atom is 0.258 e. The van der Waals surface area contributed by atoms with Crippen LogP contribution in [-0.2, 0) is 0 Å². The molecule has 0 heterocycles. The van der Waals surface area contributed by atoms with Crippen LogP contribution < -0.4 is 9.47 Å². The SMILES string of the molecule is COc1cccc(C(=O)N(C)C(C)c2ccc(C)cc2)c1OC. The molecule has 0 N–H and O–H groups in total. The second kappa shape index (κ2) is 7.18. The van der Waals surface area contributed by atoms with E-state index in [1.54, 1.807) is 37.3 Å². The minimum absolute atomic E-state index is 0.0426. The number of rotatable bonds is 5. The van der Waals surface area contributed by atoms with Crippen molar-refractivity contribution < 1.29 is 14.3 Å². The zero-order chi connectivity index (χ0) is 17.0. The lowest BCUT2D eigenvalue weighted by Crippen LogP contribution is -2.30. The van der Waals surface area contributed by atoms with Crippen LogP contribution in [0.5, 0.6) is 11.5 Å². The lowest BCUT2D eigenvalue weighted by molar-refractivity contribution is 0.0738. The van der Waals surface area contributed by atoms with Crippen molar-refractivity contribution in [2.45, 2.75) is 19.9 Å². The summed E-state index contributed by atoms with van der Waals surface area (Å²) in [5.74, 6) is 0.909. The Morgan fingerprint density at radius 3 is 2.26 bits per heavy atom. The van der Waals surface area contributed by atoms with Crippen LogP contribution in [0.15, 0.2) is 42.5 Å². The number of methoxy groups -OCH3 is 2. The van der Waals surface area contributed by atoms with Gasteiger partial charge in [0.25, 0.3) is 5.91 Å². The molecule has 122 valence electrons. The third-order valence-corrected chi connectivity index (χ3v) is 4.09. The lowest BCUT2D eigenvalue weighted by atomic mass is 10.0. The number of amides is 1. The van der Waals surface area contributed by atoms with Gasteiger partial charge in [-0.1, -0.05) is 35.9 Å². The molecule has 0 aromatic heterocycles. The van der Waals surface area contributed by atoms with Crippen LogP contribution in [0.3, 0.4) is 0 Å². The summed E-state index contributed by atoms with van der Waals surface area (Å²) in [7, 11) is 4.90. The van der Waals surface area contributed by atoms with E-state index in [0.29, 0.717) is 17.1 Å². The number of aryl methyl sites for hydroxylation is 1. The maximum atomic E-state index is 12.9. The maximum absolute atomic E-state index is 12.9. The van der Waals surface area contributed by atoms with Crippen molar-refractivity contribution in [1.82, 2.24) is 4.90 Å². The van der Waals surface area contributed by atoms with Gasteiger partial charge >= 0.3 is 0 Å². The number of benzene rings is 2. The molecule has 0 saturated carbocycles. The normalized spacial score (nSPS) is 11.7. The van der Waals surface area contributed by atoms with Crippen LogP contribution in [0.1, 0.15) is 34.5 Å². The van der Waals surface area contributed by atoms with E-state index in [-0.39, 0.29) is 11.9 Å². The quantitative estimate of drug-likeness (QED) is 0.841. The molecule has 0 radical (unpaired) electrons. The molecule has 2 rings (SSSR count). The van der Waals surface area contributed by atoms with Gasteiger partial charge in [-0.15, -0.1) is 0 Å². The Labute approximate surface area is 137 Å². The van der Waals surface area contributed by atoms with Gasteiger partial charge < -0.3 is 14.4 Å². The molecule has 0 saturated heterocycles. The average molecular weight is 313 g/mol. The topological polar surface area (TPSA) is 38.8 Å². The highest BCUT2D eigenvalue weighted by Gasteiger charge is 2.23. The predicted molar refractivity (Wildman–Crippen MR) is 91.2 cm³/mol. The first-order valence-corrected chi connectivity index (χ1v) is 7.54. The summed E-state index contributed by atoms with van der Waals surface area (Å²) >= 11 is 0. The van der Waals surface area contributed by atoms with E-state index in [1.165, 1.54) is 12.7 Å². The van der Waals surface area contributed by atoms with Crippen LogP contribution >= 0.6 is 0 Å². The molecule has 1 amide bonds. The minimum atomic E-state index is -0.103. The minimum Gasteiger partial charge on any atom is -0.493 e. The molecule has 4 nitrogen and oxygen atoms in total. The number of hydrogen-bond donors (Lipinski definition) is 0. The molecule has 4 heteroatoms. The molecular weight excluding hydrogens is 290 g/mol. The second-order valence-corrected chi connectivity index (χ2v) is 5.54. The Balaban J connectivity index is 2.31. The second-order valence-electron chi connectivity index (χ2n) is 5.54. The van der Waals surface area contributed by atoms with E-state index < -0.39 is 0 Å². The van der Waals surface area contributed by atoms with E-state index in [4.69, 9.17) is 9.47 Å². The largest absolute Gasteiger partial charge is 0.493 e. The monoisotopic (exact) mass is 313 g/mol. The first kappa shape index (κ1) is 16.9. The highest BCUT2D eigenvalue weighted by molar-refractivity contribution is 5.97. The van der Waals surface area contributed by atoms with Crippen LogP contribution in [0.2, 0.25) is 0 Å². The molecule has 0 aliphatic heterocycles. The predicted octanol–water partition coefficient (Wildman–Crippen LogP) is 3.85. The number of hydrogen-bond acceptors (Lipinski definition) is 3. The highest BCUT2D eigenvalue weighted by atomic mass is 16.5. The van der Waals surface area contributed by atoms with Crippen molar-refractivity contribution in [2.75, 3.05) is 21.3 Å². The fourth-order valence-corrected chi connectivity index (χ4v) is 2.49. The Morgan fingerprint density at radius 2 is 1.70 bits per heavy atom. The van der Waals surface area contributed by atoms with E-state index in [9.17, 15) is 4.79 Å². The van der Waals surface area contributed by atoms with Crippen molar-refractivity contribution in [2.24, 2.45) is 0 Å². The molecule has 23 heavy (non-hydrogen) atoms. The van der Waals surface area contributed by atoms with Gasteiger partial charge in [0, 0.05) is 7.05 Å². The third kappa shape index (κ3) is 3.47. The van der Waals surface area contributed by atoms with Gasteiger partial charge in [-0.25, -0.2) is 0 Å². The average Bonchev–Trinajstić information content (AvgIpc) is 2.59. The van der Waals surface area contributed by atoms with Crippen molar-refractivity contribution in [3.63, 3.8) is 0 Å². The number of nitrogens with zero attached hydrogens (tertiary/aromatic N) is 1. The summed E-state index contributed by atoms with van der Waals surface area (Å²) in [5.41, 5.74) is 2.78. The standard InChI is InChI=1S/C19H23NO3/c1-13-9-11-15(12-10-13)14(2)20(3)19(21)16-7-6-8-17(22-4)18(16)23-5/h6-12,14H,1-5H3. The van der Waals surface area contributed by atoms with Crippen LogP contribution in [0, 0.1) is 6.92 Å².